The van der Waals surface area contributed by atoms with Gasteiger partial charge in [0.1, 0.15) is 5.82 Å². The van der Waals surface area contributed by atoms with E-state index in [4.69, 9.17) is 0 Å². The molecule has 1 aromatic carbocycles. The number of nitrogens with one attached hydrogen (secondary N) is 1. The lowest BCUT2D eigenvalue weighted by Gasteiger charge is -2.07. The fraction of sp³-hybridized carbons (Fsp3) is 0.231. The molecule has 1 heterocycles. The second-order valence-electron chi connectivity index (χ2n) is 3.82. The van der Waals surface area contributed by atoms with Crippen molar-refractivity contribution in [2.24, 2.45) is 0 Å². The van der Waals surface area contributed by atoms with Crippen LogP contribution >= 0.6 is 15.9 Å². The van der Waals surface area contributed by atoms with Gasteiger partial charge in [-0.1, -0.05) is 41.1 Å². The van der Waals surface area contributed by atoms with Crippen molar-refractivity contribution in [2.75, 3.05) is 0 Å². The molecule has 0 aliphatic carbocycles. The Morgan fingerprint density at radius 3 is 2.71 bits per heavy atom. The van der Waals surface area contributed by atoms with Gasteiger partial charge in [0.25, 0.3) is 5.56 Å². The summed E-state index contributed by atoms with van der Waals surface area (Å²) in [5, 5.41) is 0. The highest BCUT2D eigenvalue weighted by Gasteiger charge is 2.09. The van der Waals surface area contributed by atoms with E-state index in [0.29, 0.717) is 11.4 Å². The molecule has 88 valence electrons. The second kappa shape index (κ2) is 4.84. The number of hydrogen-bond donors (Lipinski definition) is 1. The number of hydrogen-bond acceptors (Lipinski definition) is 2. The van der Waals surface area contributed by atoms with Crippen LogP contribution in [-0.4, -0.2) is 9.97 Å². The van der Waals surface area contributed by atoms with E-state index in [-0.39, 0.29) is 5.56 Å². The number of aromatic amines is 1. The Balaban J connectivity index is 2.66. The van der Waals surface area contributed by atoms with Crippen LogP contribution in [0.3, 0.4) is 0 Å². The summed E-state index contributed by atoms with van der Waals surface area (Å²) in [6.45, 7) is 3.80. The number of rotatable bonds is 2. The zero-order valence-corrected chi connectivity index (χ0v) is 11.3. The maximum Gasteiger partial charge on any atom is 0.254 e. The van der Waals surface area contributed by atoms with Crippen LogP contribution in [0.5, 0.6) is 0 Å². The molecule has 1 N–H and O–H groups in total. The molecule has 0 spiro atoms. The van der Waals surface area contributed by atoms with Crippen molar-refractivity contribution in [1.82, 2.24) is 9.97 Å². The third-order valence-corrected chi connectivity index (χ3v) is 3.41. The van der Waals surface area contributed by atoms with E-state index in [0.717, 1.165) is 22.2 Å². The molecule has 0 bridgehead atoms. The van der Waals surface area contributed by atoms with Gasteiger partial charge in [0.2, 0.25) is 0 Å². The number of aromatic nitrogens is 2. The number of H-pyrrole nitrogens is 1. The third-order valence-electron chi connectivity index (χ3n) is 2.72. The second-order valence-corrected chi connectivity index (χ2v) is 4.67. The quantitative estimate of drug-likeness (QED) is 0.925. The number of halogens is 1. The van der Waals surface area contributed by atoms with Gasteiger partial charge >= 0.3 is 0 Å². The molecule has 0 atom stereocenters. The minimum atomic E-state index is -0.0670. The molecule has 2 rings (SSSR count). The molecule has 0 aliphatic rings. The Morgan fingerprint density at radius 2 is 2.06 bits per heavy atom. The zero-order chi connectivity index (χ0) is 12.4. The lowest BCUT2D eigenvalue weighted by molar-refractivity contribution is 0.954. The normalized spacial score (nSPS) is 10.5. The van der Waals surface area contributed by atoms with Gasteiger partial charge in [-0.2, -0.15) is 0 Å². The Morgan fingerprint density at radius 1 is 1.35 bits per heavy atom. The first-order chi connectivity index (χ1) is 8.13. The van der Waals surface area contributed by atoms with Crippen LogP contribution in [0.4, 0.5) is 0 Å². The van der Waals surface area contributed by atoms with Crippen LogP contribution in [-0.2, 0) is 6.42 Å². The van der Waals surface area contributed by atoms with E-state index in [9.17, 15) is 4.79 Å². The highest BCUT2D eigenvalue weighted by Crippen LogP contribution is 2.24. The summed E-state index contributed by atoms with van der Waals surface area (Å²) in [5.74, 6) is 0.616. The van der Waals surface area contributed by atoms with Gasteiger partial charge in [-0.05, 0) is 19.4 Å². The van der Waals surface area contributed by atoms with Crippen LogP contribution in [0, 0.1) is 6.92 Å². The maximum atomic E-state index is 11.8. The van der Waals surface area contributed by atoms with Crippen LogP contribution in [0.1, 0.15) is 18.2 Å². The van der Waals surface area contributed by atoms with E-state index in [2.05, 4.69) is 25.9 Å². The van der Waals surface area contributed by atoms with Gasteiger partial charge in [0.05, 0.1) is 5.69 Å². The van der Waals surface area contributed by atoms with E-state index in [1.165, 1.54) is 0 Å². The van der Waals surface area contributed by atoms with Crippen molar-refractivity contribution in [1.29, 1.82) is 0 Å². The average Bonchev–Trinajstić information content (AvgIpc) is 2.33. The van der Waals surface area contributed by atoms with Gasteiger partial charge in [-0.25, -0.2) is 4.98 Å². The number of benzene rings is 1. The third kappa shape index (κ3) is 2.31. The monoisotopic (exact) mass is 292 g/mol. The molecule has 2 aromatic rings. The fourth-order valence-electron chi connectivity index (χ4n) is 1.70. The molecule has 0 fully saturated rings. The molecule has 0 saturated heterocycles. The lowest BCUT2D eigenvalue weighted by Crippen LogP contribution is -2.15. The summed E-state index contributed by atoms with van der Waals surface area (Å²) in [5.41, 5.74) is 2.38. The first-order valence-corrected chi connectivity index (χ1v) is 6.27. The first kappa shape index (κ1) is 12.0. The zero-order valence-electron chi connectivity index (χ0n) is 9.75. The van der Waals surface area contributed by atoms with Crippen molar-refractivity contribution in [2.45, 2.75) is 20.3 Å². The van der Waals surface area contributed by atoms with Crippen molar-refractivity contribution in [3.8, 4) is 11.4 Å². The molecule has 0 aliphatic heterocycles. The van der Waals surface area contributed by atoms with Crippen LogP contribution in [0.15, 0.2) is 33.5 Å². The van der Waals surface area contributed by atoms with Crippen molar-refractivity contribution in [3.05, 3.63) is 50.3 Å². The summed E-state index contributed by atoms with van der Waals surface area (Å²) >= 11 is 3.46. The average molecular weight is 293 g/mol. The molecule has 3 nitrogen and oxygen atoms in total. The molecule has 0 radical (unpaired) electrons. The summed E-state index contributed by atoms with van der Waals surface area (Å²) in [6, 6.07) is 7.71. The molecule has 17 heavy (non-hydrogen) atoms. The van der Waals surface area contributed by atoms with Crippen molar-refractivity contribution in [3.63, 3.8) is 0 Å². The Hall–Kier alpha value is -1.42. The summed E-state index contributed by atoms with van der Waals surface area (Å²) in [6.07, 6.45) is 0.757. The Labute approximate surface area is 108 Å². The molecule has 0 amide bonds. The van der Waals surface area contributed by atoms with Crippen molar-refractivity contribution >= 4 is 15.9 Å². The van der Waals surface area contributed by atoms with E-state index in [1.807, 2.05) is 31.2 Å². The molecule has 0 unspecified atom stereocenters. The SMILES string of the molecule is CCc1nc(-c2ccccc2Br)[nH]c(=O)c1C. The van der Waals surface area contributed by atoms with Gasteiger partial charge in [0.15, 0.2) is 0 Å². The predicted octanol–water partition coefficient (Wildman–Crippen LogP) is 3.07. The summed E-state index contributed by atoms with van der Waals surface area (Å²) in [4.78, 5) is 19.1. The maximum absolute atomic E-state index is 11.8. The Bertz CT molecular complexity index is 605. The number of nitrogens with zero attached hydrogens (tertiary/aromatic N) is 1. The summed E-state index contributed by atoms with van der Waals surface area (Å²) in [7, 11) is 0. The minimum absolute atomic E-state index is 0.0670. The van der Waals surface area contributed by atoms with E-state index < -0.39 is 0 Å². The molecule has 4 heteroatoms. The van der Waals surface area contributed by atoms with Gasteiger partial charge in [-0.15, -0.1) is 0 Å². The van der Waals surface area contributed by atoms with Crippen LogP contribution in [0.2, 0.25) is 0 Å². The molecule has 1 aromatic heterocycles. The Kier molecular flexibility index (Phi) is 3.43. The largest absolute Gasteiger partial charge is 0.306 e. The standard InChI is InChI=1S/C13H13BrN2O/c1-3-11-8(2)13(17)16-12(15-11)9-6-4-5-7-10(9)14/h4-7H,3H2,1-2H3,(H,15,16,17). The number of aryl methyl sites for hydroxylation is 1. The van der Waals surface area contributed by atoms with Gasteiger partial charge in [0, 0.05) is 15.6 Å². The van der Waals surface area contributed by atoms with Gasteiger partial charge in [-0.3, -0.25) is 4.79 Å². The van der Waals surface area contributed by atoms with Crippen LogP contribution in [0.25, 0.3) is 11.4 Å². The van der Waals surface area contributed by atoms with Crippen LogP contribution < -0.4 is 5.56 Å². The van der Waals surface area contributed by atoms with E-state index >= 15 is 0 Å². The molecular weight excluding hydrogens is 280 g/mol. The first-order valence-electron chi connectivity index (χ1n) is 5.48. The molecule has 0 saturated carbocycles. The highest BCUT2D eigenvalue weighted by molar-refractivity contribution is 9.10. The minimum Gasteiger partial charge on any atom is -0.306 e. The van der Waals surface area contributed by atoms with E-state index in [1.54, 1.807) is 6.92 Å². The predicted molar refractivity (Wildman–Crippen MR) is 72.1 cm³/mol. The highest BCUT2D eigenvalue weighted by atomic mass is 79.9. The summed E-state index contributed by atoms with van der Waals surface area (Å²) < 4.78 is 0.925. The fourth-order valence-corrected chi connectivity index (χ4v) is 2.18. The topological polar surface area (TPSA) is 45.8 Å². The van der Waals surface area contributed by atoms with Crippen molar-refractivity contribution < 1.29 is 0 Å². The van der Waals surface area contributed by atoms with Gasteiger partial charge < -0.3 is 4.98 Å². The smallest absolute Gasteiger partial charge is 0.254 e. The lowest BCUT2D eigenvalue weighted by atomic mass is 10.1. The molecular formula is C13H13BrN2O.